The molecule has 1 unspecified atom stereocenters. The highest BCUT2D eigenvalue weighted by Crippen LogP contribution is 2.18. The summed E-state index contributed by atoms with van der Waals surface area (Å²) in [4.78, 5) is 8.68. The second-order valence-corrected chi connectivity index (χ2v) is 7.27. The first-order chi connectivity index (χ1) is 10.0. The maximum Gasteiger partial charge on any atom is 0.158 e. The quantitative estimate of drug-likeness (QED) is 0.810. The van der Waals surface area contributed by atoms with Crippen LogP contribution in [-0.4, -0.2) is 49.6 Å². The second-order valence-electron chi connectivity index (χ2n) is 5.04. The third-order valence-electron chi connectivity index (χ3n) is 3.28. The van der Waals surface area contributed by atoms with E-state index in [1.165, 1.54) is 0 Å². The molecule has 0 saturated carbocycles. The standard InChI is InChI=1S/C13H22N4O3S/c1-3-20-8-13-16-11(14-2)7-12(17-13)15-10-5-4-6-21(18,19)9-10/h7,10H,3-6,8-9H2,1-2H3,(H2,14,15,16,17). The number of anilines is 2. The largest absolute Gasteiger partial charge is 0.374 e. The van der Waals surface area contributed by atoms with Gasteiger partial charge in [0.25, 0.3) is 0 Å². The van der Waals surface area contributed by atoms with Crippen LogP contribution in [0.1, 0.15) is 25.6 Å². The monoisotopic (exact) mass is 314 g/mol. The van der Waals surface area contributed by atoms with E-state index in [9.17, 15) is 8.42 Å². The lowest BCUT2D eigenvalue weighted by Gasteiger charge is -2.23. The highest BCUT2D eigenvalue weighted by atomic mass is 32.2. The zero-order valence-electron chi connectivity index (χ0n) is 12.4. The average Bonchev–Trinajstić information content (AvgIpc) is 2.43. The first-order valence-corrected chi connectivity index (χ1v) is 8.95. The number of aromatic nitrogens is 2. The Morgan fingerprint density at radius 3 is 2.81 bits per heavy atom. The van der Waals surface area contributed by atoms with Gasteiger partial charge in [-0.05, 0) is 19.8 Å². The molecule has 0 amide bonds. The predicted octanol–water partition coefficient (Wildman–Crippen LogP) is 1.04. The summed E-state index contributed by atoms with van der Waals surface area (Å²) < 4.78 is 28.7. The lowest BCUT2D eigenvalue weighted by molar-refractivity contribution is 0.128. The Hall–Kier alpha value is -1.41. The van der Waals surface area contributed by atoms with Crippen molar-refractivity contribution in [3.63, 3.8) is 0 Å². The normalized spacial score (nSPS) is 21.0. The molecule has 1 aromatic heterocycles. The molecule has 1 aliphatic heterocycles. The lowest BCUT2D eigenvalue weighted by atomic mass is 10.2. The molecule has 1 saturated heterocycles. The molecular weight excluding hydrogens is 292 g/mol. The SMILES string of the molecule is CCOCc1nc(NC)cc(NC2CCCS(=O)(=O)C2)n1. The van der Waals surface area contributed by atoms with Crippen LogP contribution in [0.2, 0.25) is 0 Å². The van der Waals surface area contributed by atoms with E-state index in [-0.39, 0.29) is 17.5 Å². The first-order valence-electron chi connectivity index (χ1n) is 7.13. The molecule has 21 heavy (non-hydrogen) atoms. The van der Waals surface area contributed by atoms with Crippen molar-refractivity contribution >= 4 is 21.5 Å². The minimum absolute atomic E-state index is 0.0942. The summed E-state index contributed by atoms with van der Waals surface area (Å²) in [7, 11) is -1.16. The van der Waals surface area contributed by atoms with Crippen molar-refractivity contribution in [2.75, 3.05) is 35.8 Å². The molecule has 0 aliphatic carbocycles. The van der Waals surface area contributed by atoms with Gasteiger partial charge in [0.1, 0.15) is 18.2 Å². The van der Waals surface area contributed by atoms with E-state index in [2.05, 4.69) is 20.6 Å². The van der Waals surface area contributed by atoms with E-state index in [1.54, 1.807) is 13.1 Å². The minimum Gasteiger partial charge on any atom is -0.374 e. The van der Waals surface area contributed by atoms with Crippen molar-refractivity contribution in [2.24, 2.45) is 0 Å². The van der Waals surface area contributed by atoms with Crippen molar-refractivity contribution in [3.8, 4) is 0 Å². The topological polar surface area (TPSA) is 93.2 Å². The number of sulfone groups is 1. The van der Waals surface area contributed by atoms with Gasteiger partial charge >= 0.3 is 0 Å². The summed E-state index contributed by atoms with van der Waals surface area (Å²) in [6, 6.07) is 1.68. The number of rotatable bonds is 6. The molecule has 1 aliphatic rings. The van der Waals surface area contributed by atoms with Gasteiger partial charge in [-0.1, -0.05) is 0 Å². The van der Waals surface area contributed by atoms with Crippen molar-refractivity contribution in [1.29, 1.82) is 0 Å². The molecule has 0 radical (unpaired) electrons. The Morgan fingerprint density at radius 2 is 2.14 bits per heavy atom. The molecule has 0 aromatic carbocycles. The molecule has 2 N–H and O–H groups in total. The minimum atomic E-state index is -2.94. The van der Waals surface area contributed by atoms with Crippen LogP contribution in [0.25, 0.3) is 0 Å². The summed E-state index contributed by atoms with van der Waals surface area (Å²) in [5.74, 6) is 2.33. The smallest absolute Gasteiger partial charge is 0.158 e. The lowest BCUT2D eigenvalue weighted by Crippen LogP contribution is -2.35. The predicted molar refractivity (Wildman–Crippen MR) is 82.2 cm³/mol. The molecule has 2 heterocycles. The molecule has 0 spiro atoms. The van der Waals surface area contributed by atoms with E-state index >= 15 is 0 Å². The maximum atomic E-state index is 11.7. The van der Waals surface area contributed by atoms with Crippen molar-refractivity contribution in [2.45, 2.75) is 32.4 Å². The molecule has 1 aromatic rings. The summed E-state index contributed by atoms with van der Waals surface area (Å²) in [5, 5.41) is 6.17. The van der Waals surface area contributed by atoms with Crippen LogP contribution < -0.4 is 10.6 Å². The average molecular weight is 314 g/mol. The molecular formula is C13H22N4O3S. The van der Waals surface area contributed by atoms with Gasteiger partial charge in [-0.25, -0.2) is 18.4 Å². The third kappa shape index (κ3) is 4.82. The fraction of sp³-hybridized carbons (Fsp3) is 0.692. The number of hydrogen-bond acceptors (Lipinski definition) is 7. The zero-order valence-corrected chi connectivity index (χ0v) is 13.2. The van der Waals surface area contributed by atoms with Crippen molar-refractivity contribution < 1.29 is 13.2 Å². The number of ether oxygens (including phenoxy) is 1. The Bertz CT molecular complexity index is 577. The van der Waals surface area contributed by atoms with Crippen LogP contribution >= 0.6 is 0 Å². The summed E-state index contributed by atoms with van der Waals surface area (Å²) in [6.45, 7) is 2.84. The molecule has 1 fully saturated rings. The zero-order chi connectivity index (χ0) is 15.3. The summed E-state index contributed by atoms with van der Waals surface area (Å²) in [6.07, 6.45) is 1.52. The van der Waals surface area contributed by atoms with Crippen molar-refractivity contribution in [1.82, 2.24) is 9.97 Å². The number of nitrogens with one attached hydrogen (secondary N) is 2. The van der Waals surface area contributed by atoms with Crippen LogP contribution in [0.4, 0.5) is 11.6 Å². The van der Waals surface area contributed by atoms with Gasteiger partial charge in [-0.2, -0.15) is 0 Å². The molecule has 8 heteroatoms. The Morgan fingerprint density at radius 1 is 1.38 bits per heavy atom. The first kappa shape index (κ1) is 16.0. The molecule has 0 bridgehead atoms. The summed E-state index contributed by atoms with van der Waals surface area (Å²) >= 11 is 0. The molecule has 2 rings (SSSR count). The molecule has 7 nitrogen and oxygen atoms in total. The van der Waals surface area contributed by atoms with E-state index < -0.39 is 9.84 Å². The number of hydrogen-bond donors (Lipinski definition) is 2. The van der Waals surface area contributed by atoms with Gasteiger partial charge in [0.05, 0.1) is 11.5 Å². The van der Waals surface area contributed by atoms with Gasteiger partial charge in [0.15, 0.2) is 15.7 Å². The van der Waals surface area contributed by atoms with Crippen LogP contribution in [0, 0.1) is 0 Å². The van der Waals surface area contributed by atoms with Gasteiger partial charge in [-0.3, -0.25) is 0 Å². The Kier molecular flexibility index (Phi) is 5.35. The Labute approximate surface area is 125 Å². The van der Waals surface area contributed by atoms with Gasteiger partial charge in [0, 0.05) is 25.8 Å². The maximum absolute atomic E-state index is 11.7. The van der Waals surface area contributed by atoms with Gasteiger partial charge in [-0.15, -0.1) is 0 Å². The van der Waals surface area contributed by atoms with Crippen molar-refractivity contribution in [3.05, 3.63) is 11.9 Å². The summed E-state index contributed by atoms with van der Waals surface area (Å²) in [5.41, 5.74) is 0. The van der Waals surface area contributed by atoms with E-state index in [1.807, 2.05) is 6.92 Å². The second kappa shape index (κ2) is 7.04. The van der Waals surface area contributed by atoms with Gasteiger partial charge in [0.2, 0.25) is 0 Å². The van der Waals surface area contributed by atoms with Crippen LogP contribution in [0.3, 0.4) is 0 Å². The van der Waals surface area contributed by atoms with E-state index in [0.717, 1.165) is 6.42 Å². The highest BCUT2D eigenvalue weighted by Gasteiger charge is 2.25. The third-order valence-corrected chi connectivity index (χ3v) is 5.10. The highest BCUT2D eigenvalue weighted by molar-refractivity contribution is 7.91. The van der Waals surface area contributed by atoms with Gasteiger partial charge < -0.3 is 15.4 Å². The fourth-order valence-electron chi connectivity index (χ4n) is 2.30. The van der Waals surface area contributed by atoms with E-state index in [0.29, 0.717) is 37.1 Å². The number of nitrogens with zero attached hydrogens (tertiary/aromatic N) is 2. The van der Waals surface area contributed by atoms with E-state index in [4.69, 9.17) is 4.74 Å². The molecule has 1 atom stereocenters. The fourth-order valence-corrected chi connectivity index (χ4v) is 3.94. The van der Waals surface area contributed by atoms with Crippen LogP contribution in [0.5, 0.6) is 0 Å². The van der Waals surface area contributed by atoms with Crippen LogP contribution in [-0.2, 0) is 21.2 Å². The van der Waals surface area contributed by atoms with Crippen LogP contribution in [0.15, 0.2) is 6.07 Å². The Balaban J connectivity index is 2.11. The molecule has 118 valence electrons.